The summed E-state index contributed by atoms with van der Waals surface area (Å²) < 4.78 is 0. The van der Waals surface area contributed by atoms with Gasteiger partial charge in [-0.05, 0) is 12.8 Å². The van der Waals surface area contributed by atoms with E-state index < -0.39 is 0 Å². The van der Waals surface area contributed by atoms with Gasteiger partial charge in [0.25, 0.3) is 5.69 Å². The van der Waals surface area contributed by atoms with Crippen LogP contribution in [-0.4, -0.2) is 4.92 Å². The minimum absolute atomic E-state index is 0.253. The SMILES string of the molecule is CCCCCCCCCCCCCCCCCCCCCCCCCCCCCCc1ccccc1[N+](=O)[O-]. The first-order valence-electron chi connectivity index (χ1n) is 17.5. The summed E-state index contributed by atoms with van der Waals surface area (Å²) >= 11 is 0. The third-order valence-corrected chi connectivity index (χ3v) is 8.49. The molecule has 1 rings (SSSR count). The molecule has 0 spiro atoms. The average Bonchev–Trinajstić information content (AvgIpc) is 2.94. The van der Waals surface area contributed by atoms with Crippen molar-refractivity contribution in [1.82, 2.24) is 0 Å². The fourth-order valence-electron chi connectivity index (χ4n) is 5.89. The molecule has 0 bridgehead atoms. The zero-order valence-corrected chi connectivity index (χ0v) is 26.1. The van der Waals surface area contributed by atoms with E-state index in [0.29, 0.717) is 0 Å². The number of nitro benzene ring substituents is 1. The van der Waals surface area contributed by atoms with Gasteiger partial charge in [-0.15, -0.1) is 0 Å². The van der Waals surface area contributed by atoms with Crippen LogP contribution in [0.5, 0.6) is 0 Å². The molecule has 0 saturated heterocycles. The average molecular weight is 544 g/mol. The first-order chi connectivity index (χ1) is 19.3. The maximum Gasteiger partial charge on any atom is 0.272 e. The van der Waals surface area contributed by atoms with Crippen LogP contribution in [0.2, 0.25) is 0 Å². The third-order valence-electron chi connectivity index (χ3n) is 8.49. The monoisotopic (exact) mass is 544 g/mol. The van der Waals surface area contributed by atoms with Gasteiger partial charge in [-0.1, -0.05) is 198 Å². The molecule has 0 radical (unpaired) electrons. The van der Waals surface area contributed by atoms with Crippen LogP contribution in [0.25, 0.3) is 0 Å². The van der Waals surface area contributed by atoms with Gasteiger partial charge in [-0.25, -0.2) is 0 Å². The van der Waals surface area contributed by atoms with E-state index in [1.807, 2.05) is 12.1 Å². The normalized spacial score (nSPS) is 11.3. The largest absolute Gasteiger partial charge is 0.272 e. The van der Waals surface area contributed by atoms with Crippen molar-refractivity contribution in [2.24, 2.45) is 0 Å². The molecule has 0 saturated carbocycles. The molecular weight excluding hydrogens is 478 g/mol. The summed E-state index contributed by atoms with van der Waals surface area (Å²) in [5.41, 5.74) is 1.17. The minimum Gasteiger partial charge on any atom is -0.258 e. The molecule has 1 aromatic rings. The second kappa shape index (κ2) is 28.2. The Morgan fingerprint density at radius 1 is 0.462 bits per heavy atom. The summed E-state index contributed by atoms with van der Waals surface area (Å²) in [7, 11) is 0. The Bertz CT molecular complexity index is 659. The molecule has 0 heterocycles. The van der Waals surface area contributed by atoms with Crippen LogP contribution in [-0.2, 0) is 6.42 Å². The number of unbranched alkanes of at least 4 members (excludes halogenated alkanes) is 27. The lowest BCUT2D eigenvalue weighted by Crippen LogP contribution is -1.95. The molecule has 226 valence electrons. The van der Waals surface area contributed by atoms with E-state index in [1.165, 1.54) is 173 Å². The zero-order chi connectivity index (χ0) is 28.1. The van der Waals surface area contributed by atoms with E-state index in [-0.39, 0.29) is 10.6 Å². The highest BCUT2D eigenvalue weighted by molar-refractivity contribution is 5.39. The molecule has 0 atom stereocenters. The van der Waals surface area contributed by atoms with Gasteiger partial charge >= 0.3 is 0 Å². The van der Waals surface area contributed by atoms with E-state index >= 15 is 0 Å². The van der Waals surface area contributed by atoms with Gasteiger partial charge in [0.1, 0.15) is 0 Å². The molecule has 0 N–H and O–H groups in total. The number of para-hydroxylation sites is 1. The summed E-state index contributed by atoms with van der Waals surface area (Å²) in [6.07, 6.45) is 40.3. The highest BCUT2D eigenvalue weighted by Gasteiger charge is 2.11. The Labute approximate surface area is 243 Å². The number of benzene rings is 1. The Balaban J connectivity index is 1.70. The minimum atomic E-state index is -0.253. The molecule has 0 unspecified atom stereocenters. The predicted octanol–water partition coefficient (Wildman–Crippen LogP) is 13.1. The van der Waals surface area contributed by atoms with Crippen molar-refractivity contribution >= 4 is 5.69 Å². The van der Waals surface area contributed by atoms with Gasteiger partial charge in [-0.3, -0.25) is 10.1 Å². The van der Waals surface area contributed by atoms with Crippen LogP contribution in [0.3, 0.4) is 0 Å². The van der Waals surface area contributed by atoms with Gasteiger partial charge in [0, 0.05) is 11.6 Å². The Morgan fingerprint density at radius 3 is 1.05 bits per heavy atom. The fraction of sp³-hybridized carbons (Fsp3) is 0.833. The molecule has 3 nitrogen and oxygen atoms in total. The number of hydrogen-bond donors (Lipinski definition) is 0. The van der Waals surface area contributed by atoms with Crippen molar-refractivity contribution in [3.05, 3.63) is 39.9 Å². The number of hydrogen-bond acceptors (Lipinski definition) is 2. The van der Waals surface area contributed by atoms with E-state index in [2.05, 4.69) is 6.92 Å². The molecule has 1 aromatic carbocycles. The maximum atomic E-state index is 11.1. The highest BCUT2D eigenvalue weighted by Crippen LogP contribution is 2.21. The molecule has 0 fully saturated rings. The van der Waals surface area contributed by atoms with Crippen molar-refractivity contribution < 1.29 is 4.92 Å². The lowest BCUT2D eigenvalue weighted by atomic mass is 10.0. The third kappa shape index (κ3) is 23.1. The highest BCUT2D eigenvalue weighted by atomic mass is 16.6. The van der Waals surface area contributed by atoms with Crippen LogP contribution in [0.4, 0.5) is 5.69 Å². The van der Waals surface area contributed by atoms with Gasteiger partial charge in [0.15, 0.2) is 0 Å². The van der Waals surface area contributed by atoms with Crippen LogP contribution >= 0.6 is 0 Å². The summed E-state index contributed by atoms with van der Waals surface area (Å²) in [6, 6.07) is 7.18. The second-order valence-electron chi connectivity index (χ2n) is 12.2. The second-order valence-corrected chi connectivity index (χ2v) is 12.2. The Kier molecular flexibility index (Phi) is 25.7. The van der Waals surface area contributed by atoms with Crippen molar-refractivity contribution in [3.63, 3.8) is 0 Å². The Morgan fingerprint density at radius 2 is 0.744 bits per heavy atom. The molecule has 0 aliphatic rings. The first-order valence-corrected chi connectivity index (χ1v) is 17.5. The van der Waals surface area contributed by atoms with Crippen LogP contribution < -0.4 is 0 Å². The number of nitrogens with zero attached hydrogens (tertiary/aromatic N) is 1. The van der Waals surface area contributed by atoms with Crippen molar-refractivity contribution in [2.45, 2.75) is 193 Å². The Hall–Kier alpha value is -1.38. The summed E-state index contributed by atoms with van der Waals surface area (Å²) in [4.78, 5) is 10.8. The van der Waals surface area contributed by atoms with Crippen molar-refractivity contribution in [3.8, 4) is 0 Å². The molecule has 0 amide bonds. The van der Waals surface area contributed by atoms with Crippen LogP contribution in [0.1, 0.15) is 192 Å². The van der Waals surface area contributed by atoms with E-state index in [4.69, 9.17) is 0 Å². The maximum absolute atomic E-state index is 11.1. The van der Waals surface area contributed by atoms with Gasteiger partial charge in [-0.2, -0.15) is 0 Å². The molecule has 3 heteroatoms. The summed E-state index contributed by atoms with van der Waals surface area (Å²) in [5, 5.41) is 11.1. The molecule has 0 aromatic heterocycles. The first kappa shape index (κ1) is 35.6. The molecule has 0 aliphatic carbocycles. The number of nitro groups is 1. The quantitative estimate of drug-likeness (QED) is 0.0550. The van der Waals surface area contributed by atoms with Gasteiger partial charge in [0.05, 0.1) is 4.92 Å². The smallest absolute Gasteiger partial charge is 0.258 e. The predicted molar refractivity (Wildman–Crippen MR) is 172 cm³/mol. The van der Waals surface area contributed by atoms with E-state index in [9.17, 15) is 10.1 Å². The van der Waals surface area contributed by atoms with Gasteiger partial charge < -0.3 is 0 Å². The zero-order valence-electron chi connectivity index (χ0n) is 26.1. The lowest BCUT2D eigenvalue weighted by molar-refractivity contribution is -0.385. The topological polar surface area (TPSA) is 43.1 Å². The standard InChI is InChI=1S/C36H65NO2/c1-2-3-4-5-6-7-8-9-10-11-12-13-14-15-16-17-18-19-20-21-22-23-24-25-26-27-28-29-32-35-33-30-31-34-36(35)37(38)39/h30-31,33-34H,2-29,32H2,1H3. The van der Waals surface area contributed by atoms with E-state index in [0.717, 1.165) is 18.4 Å². The molecule has 39 heavy (non-hydrogen) atoms. The van der Waals surface area contributed by atoms with Crippen molar-refractivity contribution in [1.29, 1.82) is 0 Å². The lowest BCUT2D eigenvalue weighted by Gasteiger charge is -2.05. The number of rotatable bonds is 30. The van der Waals surface area contributed by atoms with Crippen LogP contribution in [0, 0.1) is 10.1 Å². The summed E-state index contributed by atoms with van der Waals surface area (Å²) in [5.74, 6) is 0. The molecule has 0 aliphatic heterocycles. The van der Waals surface area contributed by atoms with E-state index in [1.54, 1.807) is 12.1 Å². The summed E-state index contributed by atoms with van der Waals surface area (Å²) in [6.45, 7) is 2.30. The van der Waals surface area contributed by atoms with Crippen molar-refractivity contribution in [2.75, 3.05) is 0 Å². The van der Waals surface area contributed by atoms with Gasteiger partial charge in [0.2, 0.25) is 0 Å². The van der Waals surface area contributed by atoms with Crippen LogP contribution in [0.15, 0.2) is 24.3 Å². The number of aryl methyl sites for hydroxylation is 1. The molecular formula is C36H65NO2. The fourth-order valence-corrected chi connectivity index (χ4v) is 5.89.